The summed E-state index contributed by atoms with van der Waals surface area (Å²) in [6, 6.07) is 4.62. The van der Waals surface area contributed by atoms with Crippen molar-refractivity contribution in [3.05, 3.63) is 34.4 Å². The highest BCUT2D eigenvalue weighted by Crippen LogP contribution is 2.36. The van der Waals surface area contributed by atoms with Crippen LogP contribution in [0.3, 0.4) is 0 Å². The summed E-state index contributed by atoms with van der Waals surface area (Å²) in [5.41, 5.74) is 5.47. The molecular formula is C17H26O. The Morgan fingerprint density at radius 2 is 1.78 bits per heavy atom. The minimum absolute atomic E-state index is 0.251. The molecule has 0 spiro atoms. The number of fused-ring (bicyclic) bond motifs is 1. The molecule has 0 saturated heterocycles. The van der Waals surface area contributed by atoms with Gasteiger partial charge in [-0.2, -0.15) is 0 Å². The molecule has 1 aliphatic carbocycles. The third kappa shape index (κ3) is 2.61. The van der Waals surface area contributed by atoms with Crippen LogP contribution in [0.2, 0.25) is 0 Å². The Kier molecular flexibility index (Phi) is 4.11. The van der Waals surface area contributed by atoms with Crippen molar-refractivity contribution in [3.8, 4) is 0 Å². The Morgan fingerprint density at radius 3 is 2.39 bits per heavy atom. The van der Waals surface area contributed by atoms with E-state index in [1.807, 2.05) is 0 Å². The average molecular weight is 246 g/mol. The summed E-state index contributed by atoms with van der Waals surface area (Å²) in [5, 5.41) is 10.4. The Bertz CT molecular complexity index is 418. The molecule has 2 rings (SSSR count). The zero-order chi connectivity index (χ0) is 13.3. The largest absolute Gasteiger partial charge is 0.388 e. The van der Waals surface area contributed by atoms with E-state index in [9.17, 15) is 5.11 Å². The lowest BCUT2D eigenvalue weighted by atomic mass is 9.85. The molecule has 1 nitrogen and oxygen atoms in total. The van der Waals surface area contributed by atoms with E-state index in [0.717, 1.165) is 19.3 Å². The number of aliphatic hydroxyl groups excluding tert-OH is 1. The molecule has 0 aliphatic heterocycles. The van der Waals surface area contributed by atoms with Crippen LogP contribution in [0.15, 0.2) is 12.1 Å². The van der Waals surface area contributed by atoms with E-state index in [-0.39, 0.29) is 6.10 Å². The quantitative estimate of drug-likeness (QED) is 0.750. The number of hydrogen-bond acceptors (Lipinski definition) is 1. The van der Waals surface area contributed by atoms with Crippen LogP contribution in [-0.2, 0) is 6.42 Å². The van der Waals surface area contributed by atoms with Crippen LogP contribution >= 0.6 is 0 Å². The SMILES string of the molecule is CC(C)c1cc(C(C)C)c2c(c1)[C@@H](O)CCCC2. The predicted molar refractivity (Wildman–Crippen MR) is 77.1 cm³/mol. The van der Waals surface area contributed by atoms with Gasteiger partial charge >= 0.3 is 0 Å². The third-order valence-corrected chi connectivity index (χ3v) is 4.14. The minimum atomic E-state index is -0.251. The van der Waals surface area contributed by atoms with Gasteiger partial charge in [0.25, 0.3) is 0 Å². The zero-order valence-electron chi connectivity index (χ0n) is 12.2. The number of hydrogen-bond donors (Lipinski definition) is 1. The van der Waals surface area contributed by atoms with Gasteiger partial charge in [-0.3, -0.25) is 0 Å². The average Bonchev–Trinajstić information content (AvgIpc) is 2.50. The lowest BCUT2D eigenvalue weighted by Gasteiger charge is -2.21. The van der Waals surface area contributed by atoms with Gasteiger partial charge in [-0.15, -0.1) is 0 Å². The highest BCUT2D eigenvalue weighted by atomic mass is 16.3. The first-order valence-corrected chi connectivity index (χ1v) is 7.35. The van der Waals surface area contributed by atoms with Crippen molar-refractivity contribution in [1.29, 1.82) is 0 Å². The maximum atomic E-state index is 10.4. The molecule has 1 atom stereocenters. The van der Waals surface area contributed by atoms with Gasteiger partial charge in [0.15, 0.2) is 0 Å². The summed E-state index contributed by atoms with van der Waals surface area (Å²) >= 11 is 0. The van der Waals surface area contributed by atoms with Crippen molar-refractivity contribution in [1.82, 2.24) is 0 Å². The van der Waals surface area contributed by atoms with Crippen LogP contribution in [0.1, 0.15) is 87.2 Å². The fraction of sp³-hybridized carbons (Fsp3) is 0.647. The maximum Gasteiger partial charge on any atom is 0.0792 e. The first kappa shape index (κ1) is 13.6. The molecule has 18 heavy (non-hydrogen) atoms. The second-order valence-corrected chi connectivity index (χ2v) is 6.25. The lowest BCUT2D eigenvalue weighted by molar-refractivity contribution is 0.166. The monoisotopic (exact) mass is 246 g/mol. The highest BCUT2D eigenvalue weighted by molar-refractivity contribution is 5.43. The van der Waals surface area contributed by atoms with Gasteiger partial charge in [0, 0.05) is 0 Å². The van der Waals surface area contributed by atoms with E-state index in [1.165, 1.54) is 28.7 Å². The van der Waals surface area contributed by atoms with Crippen LogP contribution in [0.4, 0.5) is 0 Å². The molecule has 1 heteroatoms. The van der Waals surface area contributed by atoms with Crippen LogP contribution in [0, 0.1) is 0 Å². The maximum absolute atomic E-state index is 10.4. The Labute approximate surface area is 111 Å². The number of aliphatic hydroxyl groups is 1. The van der Waals surface area contributed by atoms with Crippen molar-refractivity contribution >= 4 is 0 Å². The first-order valence-electron chi connectivity index (χ1n) is 7.35. The van der Waals surface area contributed by atoms with Gasteiger partial charge in [-0.1, -0.05) is 46.2 Å². The van der Waals surface area contributed by atoms with Crippen LogP contribution < -0.4 is 0 Å². The standard InChI is InChI=1S/C17H26O/c1-11(2)13-9-15(12(3)4)14-7-5-6-8-17(18)16(14)10-13/h9-12,17-18H,5-8H2,1-4H3/t17-/m0/s1. The third-order valence-electron chi connectivity index (χ3n) is 4.14. The molecule has 0 amide bonds. The van der Waals surface area contributed by atoms with Crippen LogP contribution in [-0.4, -0.2) is 5.11 Å². The molecule has 0 aromatic heterocycles. The van der Waals surface area contributed by atoms with Crippen LogP contribution in [0.25, 0.3) is 0 Å². The van der Waals surface area contributed by atoms with Crippen molar-refractivity contribution in [2.45, 2.75) is 71.3 Å². The lowest BCUT2D eigenvalue weighted by Crippen LogP contribution is -2.06. The Balaban J connectivity index is 2.58. The molecule has 1 N–H and O–H groups in total. The molecule has 0 bridgehead atoms. The topological polar surface area (TPSA) is 20.2 Å². The van der Waals surface area contributed by atoms with Crippen molar-refractivity contribution < 1.29 is 5.11 Å². The fourth-order valence-corrected chi connectivity index (χ4v) is 2.97. The van der Waals surface area contributed by atoms with Gasteiger partial charge in [0.05, 0.1) is 6.10 Å². The van der Waals surface area contributed by atoms with E-state index >= 15 is 0 Å². The summed E-state index contributed by atoms with van der Waals surface area (Å²) in [7, 11) is 0. The van der Waals surface area contributed by atoms with Crippen LogP contribution in [0.5, 0.6) is 0 Å². The van der Waals surface area contributed by atoms with Crippen molar-refractivity contribution in [2.24, 2.45) is 0 Å². The summed E-state index contributed by atoms with van der Waals surface area (Å²) < 4.78 is 0. The smallest absolute Gasteiger partial charge is 0.0792 e. The van der Waals surface area contributed by atoms with E-state index in [0.29, 0.717) is 11.8 Å². The summed E-state index contributed by atoms with van der Waals surface area (Å²) in [4.78, 5) is 0. The van der Waals surface area contributed by atoms with E-state index in [1.54, 1.807) is 0 Å². The molecule has 1 aromatic rings. The molecule has 0 heterocycles. The minimum Gasteiger partial charge on any atom is -0.388 e. The normalized spacial score (nSPS) is 20.1. The molecule has 0 fully saturated rings. The summed E-state index contributed by atoms with van der Waals surface area (Å²) in [6.45, 7) is 8.98. The molecular weight excluding hydrogens is 220 g/mol. The van der Waals surface area contributed by atoms with Crippen molar-refractivity contribution in [3.63, 3.8) is 0 Å². The second kappa shape index (κ2) is 5.44. The summed E-state index contributed by atoms with van der Waals surface area (Å²) in [5.74, 6) is 1.08. The van der Waals surface area contributed by atoms with Gasteiger partial charge < -0.3 is 5.11 Å². The molecule has 100 valence electrons. The van der Waals surface area contributed by atoms with Gasteiger partial charge in [-0.25, -0.2) is 0 Å². The summed E-state index contributed by atoms with van der Waals surface area (Å²) in [6.07, 6.45) is 4.17. The van der Waals surface area contributed by atoms with Crippen molar-refractivity contribution in [2.75, 3.05) is 0 Å². The zero-order valence-corrected chi connectivity index (χ0v) is 12.2. The molecule has 0 saturated carbocycles. The highest BCUT2D eigenvalue weighted by Gasteiger charge is 2.21. The fourth-order valence-electron chi connectivity index (χ4n) is 2.97. The number of benzene rings is 1. The molecule has 0 unspecified atom stereocenters. The Morgan fingerprint density at radius 1 is 1.06 bits per heavy atom. The Hall–Kier alpha value is -0.820. The second-order valence-electron chi connectivity index (χ2n) is 6.25. The van der Waals surface area contributed by atoms with E-state index in [2.05, 4.69) is 39.8 Å². The molecule has 1 aliphatic rings. The predicted octanol–water partition coefficient (Wildman–Crippen LogP) is 4.69. The number of rotatable bonds is 2. The molecule has 1 aromatic carbocycles. The van der Waals surface area contributed by atoms with E-state index < -0.39 is 0 Å². The van der Waals surface area contributed by atoms with Gasteiger partial charge in [0.1, 0.15) is 0 Å². The van der Waals surface area contributed by atoms with Gasteiger partial charge in [-0.05, 0) is 53.4 Å². The van der Waals surface area contributed by atoms with Gasteiger partial charge in [0.2, 0.25) is 0 Å². The first-order chi connectivity index (χ1) is 8.50. The van der Waals surface area contributed by atoms with E-state index in [4.69, 9.17) is 0 Å². The molecule has 0 radical (unpaired) electrons.